The highest BCUT2D eigenvalue weighted by atomic mass is 35.5. The van der Waals surface area contributed by atoms with Crippen molar-refractivity contribution in [1.29, 1.82) is 0 Å². The predicted molar refractivity (Wildman–Crippen MR) is 148 cm³/mol. The Kier molecular flexibility index (Phi) is 8.82. The van der Waals surface area contributed by atoms with Gasteiger partial charge in [-0.25, -0.2) is 16.8 Å². The van der Waals surface area contributed by atoms with Crippen LogP contribution in [0.25, 0.3) is 0 Å². The van der Waals surface area contributed by atoms with Gasteiger partial charge in [-0.2, -0.15) is 4.31 Å². The summed E-state index contributed by atoms with van der Waals surface area (Å²) in [5, 5.41) is 2.74. The van der Waals surface area contributed by atoms with Crippen molar-refractivity contribution in [1.82, 2.24) is 4.31 Å². The van der Waals surface area contributed by atoms with Gasteiger partial charge in [0.25, 0.3) is 10.0 Å². The first-order valence-electron chi connectivity index (χ1n) is 11.9. The van der Waals surface area contributed by atoms with E-state index < -0.39 is 32.5 Å². The van der Waals surface area contributed by atoms with E-state index in [1.807, 2.05) is 6.92 Å². The van der Waals surface area contributed by atoms with E-state index in [1.165, 1.54) is 53.9 Å². The van der Waals surface area contributed by atoms with Crippen LogP contribution < -0.4 is 14.4 Å². The molecule has 1 fully saturated rings. The molecule has 4 rings (SSSR count). The molecule has 1 aliphatic rings. The number of rotatable bonds is 9. The van der Waals surface area contributed by atoms with Gasteiger partial charge in [0.2, 0.25) is 15.9 Å². The van der Waals surface area contributed by atoms with Gasteiger partial charge >= 0.3 is 0 Å². The van der Waals surface area contributed by atoms with Crippen LogP contribution >= 0.6 is 11.6 Å². The monoisotopic (exact) mass is 593 g/mol. The molecule has 3 aromatic carbocycles. The first-order valence-corrected chi connectivity index (χ1v) is 15.2. The van der Waals surface area contributed by atoms with Crippen molar-refractivity contribution in [2.45, 2.75) is 16.7 Å². The molecule has 1 saturated heterocycles. The third-order valence-corrected chi connectivity index (χ3v) is 10.1. The Morgan fingerprint density at radius 3 is 2.28 bits per heavy atom. The number of halogens is 1. The molecule has 1 N–H and O–H groups in total. The van der Waals surface area contributed by atoms with E-state index in [0.29, 0.717) is 0 Å². The third kappa shape index (κ3) is 6.36. The summed E-state index contributed by atoms with van der Waals surface area (Å²) in [6.45, 7) is 2.18. The van der Waals surface area contributed by atoms with Gasteiger partial charge in [-0.3, -0.25) is 9.10 Å². The maximum atomic E-state index is 13.6. The summed E-state index contributed by atoms with van der Waals surface area (Å²) in [6.07, 6.45) is 0. The molecule has 0 bridgehead atoms. The molecule has 0 radical (unpaired) electrons. The van der Waals surface area contributed by atoms with E-state index in [2.05, 4.69) is 5.32 Å². The zero-order valence-electron chi connectivity index (χ0n) is 21.3. The van der Waals surface area contributed by atoms with Crippen molar-refractivity contribution in [3.05, 3.63) is 77.3 Å². The van der Waals surface area contributed by atoms with Crippen molar-refractivity contribution in [3.8, 4) is 5.75 Å². The summed E-state index contributed by atoms with van der Waals surface area (Å²) in [6, 6.07) is 16.6. The Balaban J connectivity index is 1.66. The number of methoxy groups -OCH3 is 1. The summed E-state index contributed by atoms with van der Waals surface area (Å²) < 4.78 is 66.4. The molecule has 0 saturated carbocycles. The molecule has 0 unspecified atom stereocenters. The highest BCUT2D eigenvalue weighted by Crippen LogP contribution is 2.32. The molecule has 0 aliphatic carbocycles. The summed E-state index contributed by atoms with van der Waals surface area (Å²) in [5.74, 6) is -0.528. The van der Waals surface area contributed by atoms with Crippen molar-refractivity contribution in [2.24, 2.45) is 0 Å². The van der Waals surface area contributed by atoms with E-state index in [9.17, 15) is 21.6 Å². The van der Waals surface area contributed by atoms with E-state index in [4.69, 9.17) is 21.1 Å². The highest BCUT2D eigenvalue weighted by Gasteiger charge is 2.30. The van der Waals surface area contributed by atoms with Gasteiger partial charge in [-0.15, -0.1) is 0 Å². The number of carbonyl (C=O) groups excluding carboxylic acids is 1. The van der Waals surface area contributed by atoms with E-state index in [-0.39, 0.29) is 58.2 Å². The fourth-order valence-electron chi connectivity index (χ4n) is 3.99. The SMILES string of the molecule is COc1ccc(S(=O)(=O)N2CCOCC2)cc1NC(=O)CN(c1ccccc1Cl)S(=O)(=O)c1ccc(C)cc1. The lowest BCUT2D eigenvalue weighted by atomic mass is 10.2. The van der Waals surface area contributed by atoms with Gasteiger partial charge in [0.15, 0.2) is 0 Å². The molecule has 1 heterocycles. The second-order valence-electron chi connectivity index (χ2n) is 8.70. The molecule has 3 aromatic rings. The number of hydrogen-bond acceptors (Lipinski definition) is 7. The minimum Gasteiger partial charge on any atom is -0.495 e. The smallest absolute Gasteiger partial charge is 0.264 e. The number of nitrogens with zero attached hydrogens (tertiary/aromatic N) is 2. The number of ether oxygens (including phenoxy) is 2. The van der Waals surface area contributed by atoms with Gasteiger partial charge < -0.3 is 14.8 Å². The van der Waals surface area contributed by atoms with E-state index >= 15 is 0 Å². The fraction of sp³-hybridized carbons (Fsp3) is 0.269. The third-order valence-electron chi connectivity index (χ3n) is 6.07. The molecule has 10 nitrogen and oxygen atoms in total. The molecular weight excluding hydrogens is 566 g/mol. The average Bonchev–Trinajstić information content (AvgIpc) is 2.93. The summed E-state index contributed by atoms with van der Waals surface area (Å²) >= 11 is 6.34. The molecule has 0 aromatic heterocycles. The first kappa shape index (κ1) is 28.8. The maximum absolute atomic E-state index is 13.6. The molecule has 0 atom stereocenters. The van der Waals surface area contributed by atoms with Gasteiger partial charge in [0, 0.05) is 13.1 Å². The lowest BCUT2D eigenvalue weighted by Gasteiger charge is -2.26. The molecule has 1 amide bonds. The fourth-order valence-corrected chi connectivity index (χ4v) is 7.15. The standard InChI is InChI=1S/C26H28ClN3O7S2/c1-19-7-9-20(10-8-19)39(34,35)30(24-6-4-3-5-22(24)27)18-26(31)28-23-17-21(11-12-25(23)36-2)38(32,33)29-13-15-37-16-14-29/h3-12,17H,13-16,18H2,1-2H3,(H,28,31). The van der Waals surface area contributed by atoms with E-state index in [1.54, 1.807) is 24.3 Å². The minimum atomic E-state index is -4.20. The lowest BCUT2D eigenvalue weighted by molar-refractivity contribution is -0.114. The number of nitrogens with one attached hydrogen (secondary N) is 1. The number of morpholine rings is 1. The van der Waals surface area contributed by atoms with Crippen LogP contribution in [0.1, 0.15) is 5.56 Å². The Morgan fingerprint density at radius 2 is 1.64 bits per heavy atom. The van der Waals surface area contributed by atoms with Gasteiger partial charge in [0.1, 0.15) is 12.3 Å². The van der Waals surface area contributed by atoms with Crippen molar-refractivity contribution in [2.75, 3.05) is 49.6 Å². The highest BCUT2D eigenvalue weighted by molar-refractivity contribution is 7.93. The lowest BCUT2D eigenvalue weighted by Crippen LogP contribution is -2.40. The zero-order valence-corrected chi connectivity index (χ0v) is 23.7. The van der Waals surface area contributed by atoms with Crippen LogP contribution in [0.3, 0.4) is 0 Å². The first-order chi connectivity index (χ1) is 18.5. The Bertz CT molecular complexity index is 1560. The van der Waals surface area contributed by atoms with Crippen molar-refractivity contribution < 1.29 is 31.1 Å². The molecule has 13 heteroatoms. The maximum Gasteiger partial charge on any atom is 0.264 e. The van der Waals surface area contributed by atoms with Crippen LogP contribution in [-0.4, -0.2) is 67.0 Å². The van der Waals surface area contributed by atoms with E-state index in [0.717, 1.165) is 9.87 Å². The van der Waals surface area contributed by atoms with Crippen LogP contribution in [0.2, 0.25) is 5.02 Å². The van der Waals surface area contributed by atoms with Crippen LogP contribution in [0, 0.1) is 6.92 Å². The van der Waals surface area contributed by atoms with Gasteiger partial charge in [0.05, 0.1) is 46.5 Å². The summed E-state index contributed by atoms with van der Waals surface area (Å²) in [4.78, 5) is 13.2. The molecule has 39 heavy (non-hydrogen) atoms. The number of sulfonamides is 2. The Hall–Kier alpha value is -3.16. The van der Waals surface area contributed by atoms with Gasteiger partial charge in [-0.1, -0.05) is 41.4 Å². The molecular formula is C26H28ClN3O7S2. The quantitative estimate of drug-likeness (QED) is 0.403. The zero-order chi connectivity index (χ0) is 28.2. The summed E-state index contributed by atoms with van der Waals surface area (Å²) in [7, 11) is -6.68. The van der Waals surface area contributed by atoms with Crippen LogP contribution in [0.15, 0.2) is 76.5 Å². The molecule has 1 aliphatic heterocycles. The number of aryl methyl sites for hydroxylation is 1. The average molecular weight is 594 g/mol. The topological polar surface area (TPSA) is 122 Å². The number of carbonyl (C=O) groups is 1. The largest absolute Gasteiger partial charge is 0.495 e. The number of anilines is 2. The number of hydrogen-bond donors (Lipinski definition) is 1. The second kappa shape index (κ2) is 11.9. The molecule has 0 spiro atoms. The van der Waals surface area contributed by atoms with Crippen molar-refractivity contribution in [3.63, 3.8) is 0 Å². The Morgan fingerprint density at radius 1 is 1.00 bits per heavy atom. The number of amides is 1. The second-order valence-corrected chi connectivity index (χ2v) is 12.9. The molecule has 208 valence electrons. The predicted octanol–water partition coefficient (Wildman–Crippen LogP) is 3.51. The normalized spacial score (nSPS) is 14.5. The van der Waals surface area contributed by atoms with Crippen LogP contribution in [-0.2, 0) is 29.6 Å². The minimum absolute atomic E-state index is 0.0167. The van der Waals surface area contributed by atoms with Crippen LogP contribution in [0.5, 0.6) is 5.75 Å². The summed E-state index contributed by atoms with van der Waals surface area (Å²) in [5.41, 5.74) is 1.06. The number of benzene rings is 3. The van der Waals surface area contributed by atoms with Crippen LogP contribution in [0.4, 0.5) is 11.4 Å². The van der Waals surface area contributed by atoms with Gasteiger partial charge in [-0.05, 0) is 49.4 Å². The number of para-hydroxylation sites is 1. The Labute approximate surface area is 233 Å². The van der Waals surface area contributed by atoms with Crippen molar-refractivity contribution >= 4 is 48.9 Å².